The van der Waals surface area contributed by atoms with Crippen molar-refractivity contribution in [2.75, 3.05) is 11.9 Å². The zero-order chi connectivity index (χ0) is 18.2. The van der Waals surface area contributed by atoms with Gasteiger partial charge in [0.15, 0.2) is 12.4 Å². The Bertz CT molecular complexity index is 662. The van der Waals surface area contributed by atoms with Gasteiger partial charge in [-0.1, -0.05) is 56.6 Å². The molecular formula is C20H30N3O2+. The lowest BCUT2D eigenvalue weighted by Crippen LogP contribution is -2.88. The van der Waals surface area contributed by atoms with Crippen LogP contribution in [0.25, 0.3) is 0 Å². The lowest BCUT2D eigenvalue weighted by atomic mass is 9.94. The Labute approximate surface area is 150 Å². The van der Waals surface area contributed by atoms with Crippen LogP contribution in [0.3, 0.4) is 0 Å². The maximum atomic E-state index is 12.1. The second-order valence-corrected chi connectivity index (χ2v) is 6.93. The highest BCUT2D eigenvalue weighted by Crippen LogP contribution is 2.19. The summed E-state index contributed by atoms with van der Waals surface area (Å²) >= 11 is 0. The fourth-order valence-electron chi connectivity index (χ4n) is 2.93. The molecule has 1 amide bonds. The number of unbranched alkanes of at least 4 members (excludes halogenated alkanes) is 1. The lowest BCUT2D eigenvalue weighted by Gasteiger charge is -2.19. The van der Waals surface area contributed by atoms with Gasteiger partial charge in [-0.2, -0.15) is 0 Å². The number of quaternary nitrogens is 1. The van der Waals surface area contributed by atoms with Crippen molar-refractivity contribution in [1.82, 2.24) is 5.16 Å². The Morgan fingerprint density at radius 2 is 2.00 bits per heavy atom. The third-order valence-corrected chi connectivity index (χ3v) is 4.35. The van der Waals surface area contributed by atoms with E-state index in [-0.39, 0.29) is 11.9 Å². The van der Waals surface area contributed by atoms with Gasteiger partial charge in [-0.3, -0.25) is 4.79 Å². The van der Waals surface area contributed by atoms with Gasteiger partial charge in [0, 0.05) is 17.5 Å². The molecule has 1 atom stereocenters. The molecule has 3 N–H and O–H groups in total. The summed E-state index contributed by atoms with van der Waals surface area (Å²) in [4.78, 5) is 12.1. The van der Waals surface area contributed by atoms with Crippen LogP contribution in [0.5, 0.6) is 0 Å². The number of nitrogens with two attached hydrogens (primary N) is 1. The number of nitrogens with one attached hydrogen (secondary N) is 1. The van der Waals surface area contributed by atoms with Gasteiger partial charge in [0.2, 0.25) is 0 Å². The first-order valence-electron chi connectivity index (χ1n) is 9.15. The highest BCUT2D eigenvalue weighted by molar-refractivity contribution is 5.90. The Morgan fingerprint density at radius 1 is 1.28 bits per heavy atom. The van der Waals surface area contributed by atoms with Gasteiger partial charge in [0.1, 0.15) is 11.8 Å². The maximum absolute atomic E-state index is 12.1. The first-order valence-corrected chi connectivity index (χ1v) is 9.15. The van der Waals surface area contributed by atoms with E-state index in [0.29, 0.717) is 24.0 Å². The number of nitrogens with zero attached hydrogens (tertiary/aromatic N) is 1. The Hall–Kier alpha value is -2.14. The molecule has 0 aliphatic heterocycles. The summed E-state index contributed by atoms with van der Waals surface area (Å²) in [7, 11) is 0. The van der Waals surface area contributed by atoms with Crippen LogP contribution in [0.1, 0.15) is 56.5 Å². The molecule has 136 valence electrons. The molecule has 0 aliphatic carbocycles. The largest absolute Gasteiger partial charge is 0.360 e. The topological polar surface area (TPSA) is 71.7 Å². The quantitative estimate of drug-likeness (QED) is 0.733. The lowest BCUT2D eigenvalue weighted by molar-refractivity contribution is -0.692. The van der Waals surface area contributed by atoms with E-state index < -0.39 is 0 Å². The van der Waals surface area contributed by atoms with Crippen LogP contribution in [0.15, 0.2) is 34.9 Å². The summed E-state index contributed by atoms with van der Waals surface area (Å²) in [6.07, 6.45) is 3.57. The van der Waals surface area contributed by atoms with Crippen molar-refractivity contribution in [3.05, 3.63) is 47.2 Å². The monoisotopic (exact) mass is 344 g/mol. The van der Waals surface area contributed by atoms with Crippen LogP contribution in [0, 0.1) is 12.8 Å². The molecule has 5 nitrogen and oxygen atoms in total. The molecule has 0 spiro atoms. The number of hydrogen-bond acceptors (Lipinski definition) is 3. The fraction of sp³-hybridized carbons (Fsp3) is 0.500. The molecule has 1 heterocycles. The summed E-state index contributed by atoms with van der Waals surface area (Å²) in [5.74, 6) is 1.52. The SMILES string of the molecule is CCCCc1ccc([C@H]([NH2+]CC(=O)Nc2cc(C)on2)C(C)C)cc1. The maximum Gasteiger partial charge on any atom is 0.280 e. The van der Waals surface area contributed by atoms with Crippen molar-refractivity contribution in [2.24, 2.45) is 5.92 Å². The summed E-state index contributed by atoms with van der Waals surface area (Å²) in [6, 6.07) is 10.8. The number of aryl methyl sites for hydroxylation is 2. The van der Waals surface area contributed by atoms with Crippen LogP contribution >= 0.6 is 0 Å². The molecule has 5 heteroatoms. The smallest absolute Gasteiger partial charge is 0.280 e. The van der Waals surface area contributed by atoms with Crippen molar-refractivity contribution in [2.45, 2.75) is 53.0 Å². The average Bonchev–Trinajstić information content (AvgIpc) is 2.98. The van der Waals surface area contributed by atoms with E-state index in [9.17, 15) is 4.79 Å². The molecule has 1 aromatic carbocycles. The minimum atomic E-state index is -0.0708. The second kappa shape index (κ2) is 9.37. The van der Waals surface area contributed by atoms with Crippen LogP contribution < -0.4 is 10.6 Å². The van der Waals surface area contributed by atoms with E-state index in [1.807, 2.05) is 0 Å². The molecule has 0 fully saturated rings. The first-order chi connectivity index (χ1) is 12.0. The second-order valence-electron chi connectivity index (χ2n) is 6.93. The van der Waals surface area contributed by atoms with Gasteiger partial charge in [0.05, 0.1) is 0 Å². The molecular weight excluding hydrogens is 314 g/mol. The highest BCUT2D eigenvalue weighted by atomic mass is 16.5. The number of rotatable bonds is 9. The van der Waals surface area contributed by atoms with Gasteiger partial charge in [0.25, 0.3) is 5.91 Å². The van der Waals surface area contributed by atoms with Crippen molar-refractivity contribution >= 4 is 11.7 Å². The standard InChI is InChI=1S/C20H29N3O2/c1-5-6-7-16-8-10-17(11-9-16)20(14(2)3)21-13-19(24)22-18-12-15(4)25-23-18/h8-12,14,20-21H,5-7,13H2,1-4H3,(H,22,23,24)/p+1/t20-/m1/s1. The summed E-state index contributed by atoms with van der Waals surface area (Å²) in [6.45, 7) is 8.74. The summed E-state index contributed by atoms with van der Waals surface area (Å²) in [5, 5.41) is 8.65. The Kier molecular flexibility index (Phi) is 7.19. The van der Waals surface area contributed by atoms with Crippen LogP contribution in [0.2, 0.25) is 0 Å². The number of anilines is 1. The predicted octanol–water partition coefficient (Wildman–Crippen LogP) is 3.22. The molecule has 1 aromatic heterocycles. The van der Waals surface area contributed by atoms with E-state index >= 15 is 0 Å². The molecule has 25 heavy (non-hydrogen) atoms. The summed E-state index contributed by atoms with van der Waals surface area (Å²) < 4.78 is 4.96. The van der Waals surface area contributed by atoms with Gasteiger partial charge in [-0.15, -0.1) is 0 Å². The van der Waals surface area contributed by atoms with Crippen molar-refractivity contribution in [3.8, 4) is 0 Å². The number of benzene rings is 1. The number of carbonyl (C=O) groups excluding carboxylic acids is 1. The van der Waals surface area contributed by atoms with Gasteiger partial charge >= 0.3 is 0 Å². The normalized spacial score (nSPS) is 12.4. The van der Waals surface area contributed by atoms with E-state index in [4.69, 9.17) is 4.52 Å². The van der Waals surface area contributed by atoms with E-state index in [1.165, 1.54) is 24.0 Å². The number of carbonyl (C=O) groups is 1. The number of aromatic nitrogens is 1. The van der Waals surface area contributed by atoms with E-state index in [0.717, 1.165) is 6.42 Å². The highest BCUT2D eigenvalue weighted by Gasteiger charge is 2.20. The number of hydrogen-bond donors (Lipinski definition) is 2. The van der Waals surface area contributed by atoms with Crippen LogP contribution in [-0.2, 0) is 11.2 Å². The predicted molar refractivity (Wildman–Crippen MR) is 99.3 cm³/mol. The molecule has 0 aliphatic rings. The zero-order valence-corrected chi connectivity index (χ0v) is 15.7. The average molecular weight is 344 g/mol. The Balaban J connectivity index is 1.92. The molecule has 0 saturated carbocycles. The number of amides is 1. The van der Waals surface area contributed by atoms with Gasteiger partial charge in [-0.05, 0) is 25.3 Å². The molecule has 0 bridgehead atoms. The molecule has 0 radical (unpaired) electrons. The summed E-state index contributed by atoms with van der Waals surface area (Å²) in [5.41, 5.74) is 2.65. The van der Waals surface area contributed by atoms with Crippen molar-refractivity contribution in [3.63, 3.8) is 0 Å². The zero-order valence-electron chi connectivity index (χ0n) is 15.7. The minimum absolute atomic E-state index is 0.0708. The third kappa shape index (κ3) is 6.02. The van der Waals surface area contributed by atoms with Gasteiger partial charge in [-0.25, -0.2) is 0 Å². The van der Waals surface area contributed by atoms with Crippen LogP contribution in [0.4, 0.5) is 5.82 Å². The molecule has 2 rings (SSSR count). The van der Waals surface area contributed by atoms with E-state index in [1.54, 1.807) is 13.0 Å². The first kappa shape index (κ1) is 19.2. The van der Waals surface area contributed by atoms with Crippen molar-refractivity contribution in [1.29, 1.82) is 0 Å². The van der Waals surface area contributed by atoms with Crippen molar-refractivity contribution < 1.29 is 14.6 Å². The third-order valence-electron chi connectivity index (χ3n) is 4.35. The van der Waals surface area contributed by atoms with Crippen LogP contribution in [-0.4, -0.2) is 17.6 Å². The minimum Gasteiger partial charge on any atom is -0.360 e. The molecule has 0 saturated heterocycles. The van der Waals surface area contributed by atoms with E-state index in [2.05, 4.69) is 60.8 Å². The van der Waals surface area contributed by atoms with Gasteiger partial charge < -0.3 is 15.2 Å². The molecule has 0 unspecified atom stereocenters. The Morgan fingerprint density at radius 3 is 2.56 bits per heavy atom. The fourth-order valence-corrected chi connectivity index (χ4v) is 2.93. The molecule has 2 aromatic rings.